The minimum absolute atomic E-state index is 0.228. The van der Waals surface area contributed by atoms with Crippen LogP contribution < -0.4 is 0 Å². The Balaban J connectivity index is 1.94. The van der Waals surface area contributed by atoms with Crippen LogP contribution in [0.25, 0.3) is 0 Å². The van der Waals surface area contributed by atoms with Gasteiger partial charge in [-0.05, 0) is 38.4 Å². The molecule has 1 aliphatic rings. The Morgan fingerprint density at radius 3 is 2.89 bits per heavy atom. The number of aryl methyl sites for hydroxylation is 2. The van der Waals surface area contributed by atoms with Crippen LogP contribution in [-0.4, -0.2) is 44.4 Å². The first-order chi connectivity index (χ1) is 9.10. The van der Waals surface area contributed by atoms with E-state index < -0.39 is 0 Å². The first-order valence-corrected chi connectivity index (χ1v) is 7.50. The fourth-order valence-electron chi connectivity index (χ4n) is 2.67. The maximum Gasteiger partial charge on any atom is 0.223 e. The third kappa shape index (κ3) is 3.72. The van der Waals surface area contributed by atoms with E-state index in [0.29, 0.717) is 18.1 Å². The number of likely N-dealkylation sites (tertiary alicyclic amines) is 1. The van der Waals surface area contributed by atoms with Crippen LogP contribution in [0.5, 0.6) is 0 Å². The van der Waals surface area contributed by atoms with Crippen LogP contribution >= 0.6 is 12.6 Å². The first kappa shape index (κ1) is 14.4. The number of piperidine rings is 1. The summed E-state index contributed by atoms with van der Waals surface area (Å²) in [6.07, 6.45) is 2.77. The van der Waals surface area contributed by atoms with Crippen molar-refractivity contribution in [2.45, 2.75) is 39.7 Å². The second-order valence-corrected chi connectivity index (χ2v) is 5.66. The van der Waals surface area contributed by atoms with E-state index in [1.165, 1.54) is 0 Å². The van der Waals surface area contributed by atoms with E-state index in [1.54, 1.807) is 0 Å². The number of aromatic nitrogens is 3. The average Bonchev–Trinajstić information content (AvgIpc) is 2.68. The molecule has 1 saturated heterocycles. The number of hydrogen-bond donors (Lipinski definition) is 1. The lowest BCUT2D eigenvalue weighted by Crippen LogP contribution is -2.41. The van der Waals surface area contributed by atoms with Crippen molar-refractivity contribution in [1.29, 1.82) is 0 Å². The van der Waals surface area contributed by atoms with Gasteiger partial charge in [0, 0.05) is 26.1 Å². The van der Waals surface area contributed by atoms with Crippen LogP contribution in [0.3, 0.4) is 0 Å². The summed E-state index contributed by atoms with van der Waals surface area (Å²) in [5, 5.41) is 4.40. The third-order valence-electron chi connectivity index (χ3n) is 3.59. The van der Waals surface area contributed by atoms with E-state index in [0.717, 1.165) is 44.1 Å². The highest BCUT2D eigenvalue weighted by molar-refractivity contribution is 7.80. The molecule has 1 aromatic heterocycles. The summed E-state index contributed by atoms with van der Waals surface area (Å²) in [7, 11) is 0. The summed E-state index contributed by atoms with van der Waals surface area (Å²) >= 11 is 4.13. The number of carbonyl (C=O) groups excluding carboxylic acids is 1. The normalized spacial score (nSPS) is 19.7. The lowest BCUT2D eigenvalue weighted by Gasteiger charge is -2.32. The van der Waals surface area contributed by atoms with Crippen molar-refractivity contribution in [3.05, 3.63) is 11.6 Å². The van der Waals surface area contributed by atoms with Gasteiger partial charge in [0.15, 0.2) is 0 Å². The standard InChI is InChI=1S/C13H22N4OS/c1-10-14-11(2)17(15-10)9-12-4-3-6-16(8-12)13(18)5-7-19/h12,19H,3-9H2,1-2H3. The highest BCUT2D eigenvalue weighted by Crippen LogP contribution is 2.19. The van der Waals surface area contributed by atoms with Gasteiger partial charge in [-0.25, -0.2) is 9.67 Å². The maximum atomic E-state index is 11.9. The second-order valence-electron chi connectivity index (χ2n) is 5.21. The summed E-state index contributed by atoms with van der Waals surface area (Å²) in [5.41, 5.74) is 0. The van der Waals surface area contributed by atoms with E-state index in [4.69, 9.17) is 0 Å². The molecular formula is C13H22N4OS. The minimum atomic E-state index is 0.228. The molecule has 0 spiro atoms. The third-order valence-corrected chi connectivity index (χ3v) is 3.81. The smallest absolute Gasteiger partial charge is 0.223 e. The van der Waals surface area contributed by atoms with Crippen LogP contribution in [-0.2, 0) is 11.3 Å². The maximum absolute atomic E-state index is 11.9. The van der Waals surface area contributed by atoms with Crippen LogP contribution in [0.15, 0.2) is 0 Å². The quantitative estimate of drug-likeness (QED) is 0.851. The van der Waals surface area contributed by atoms with Gasteiger partial charge in [-0.1, -0.05) is 0 Å². The number of amides is 1. The Morgan fingerprint density at radius 1 is 1.47 bits per heavy atom. The van der Waals surface area contributed by atoms with Crippen molar-refractivity contribution < 1.29 is 4.79 Å². The zero-order chi connectivity index (χ0) is 13.8. The Kier molecular flexibility index (Phi) is 4.85. The molecule has 0 saturated carbocycles. The predicted octanol–water partition coefficient (Wildman–Crippen LogP) is 1.45. The Labute approximate surface area is 119 Å². The molecule has 19 heavy (non-hydrogen) atoms. The minimum Gasteiger partial charge on any atom is -0.342 e. The van der Waals surface area contributed by atoms with Crippen molar-refractivity contribution in [1.82, 2.24) is 19.7 Å². The van der Waals surface area contributed by atoms with Gasteiger partial charge in [0.1, 0.15) is 11.6 Å². The molecule has 1 aromatic rings. The van der Waals surface area contributed by atoms with Crippen molar-refractivity contribution in [2.24, 2.45) is 5.92 Å². The summed E-state index contributed by atoms with van der Waals surface area (Å²) < 4.78 is 1.96. The molecule has 6 heteroatoms. The van der Waals surface area contributed by atoms with Gasteiger partial charge in [-0.15, -0.1) is 0 Å². The number of hydrogen-bond acceptors (Lipinski definition) is 4. The Morgan fingerprint density at radius 2 is 2.26 bits per heavy atom. The molecule has 1 atom stereocenters. The van der Waals surface area contributed by atoms with Gasteiger partial charge in [0.25, 0.3) is 0 Å². The van der Waals surface area contributed by atoms with Gasteiger partial charge < -0.3 is 4.90 Å². The molecule has 2 heterocycles. The molecule has 0 bridgehead atoms. The summed E-state index contributed by atoms with van der Waals surface area (Å²) in [5.74, 6) is 3.11. The fourth-order valence-corrected chi connectivity index (χ4v) is 2.86. The topological polar surface area (TPSA) is 51.0 Å². The molecule has 1 amide bonds. The monoisotopic (exact) mass is 282 g/mol. The van der Waals surface area contributed by atoms with Crippen LogP contribution in [0, 0.1) is 19.8 Å². The van der Waals surface area contributed by atoms with Crippen LogP contribution in [0.2, 0.25) is 0 Å². The molecule has 0 N–H and O–H groups in total. The number of thiol groups is 1. The molecule has 106 valence electrons. The Hall–Kier alpha value is -1.04. The molecule has 1 unspecified atom stereocenters. The highest BCUT2D eigenvalue weighted by Gasteiger charge is 2.24. The second kappa shape index (κ2) is 6.41. The zero-order valence-electron chi connectivity index (χ0n) is 11.7. The SMILES string of the molecule is Cc1nc(C)n(CC2CCCN(C(=O)CCS)C2)n1. The van der Waals surface area contributed by atoms with Gasteiger partial charge in [0.05, 0.1) is 0 Å². The lowest BCUT2D eigenvalue weighted by atomic mass is 9.98. The van der Waals surface area contributed by atoms with Gasteiger partial charge in [0.2, 0.25) is 5.91 Å². The van der Waals surface area contributed by atoms with E-state index >= 15 is 0 Å². The number of nitrogens with zero attached hydrogens (tertiary/aromatic N) is 4. The largest absolute Gasteiger partial charge is 0.342 e. The van der Waals surface area contributed by atoms with E-state index in [2.05, 4.69) is 22.7 Å². The van der Waals surface area contributed by atoms with Gasteiger partial charge in [-0.3, -0.25) is 4.79 Å². The zero-order valence-corrected chi connectivity index (χ0v) is 12.6. The number of carbonyl (C=O) groups is 1. The highest BCUT2D eigenvalue weighted by atomic mass is 32.1. The van der Waals surface area contributed by atoms with Crippen LogP contribution in [0.1, 0.15) is 30.9 Å². The summed E-state index contributed by atoms with van der Waals surface area (Å²) in [6.45, 7) is 6.47. The molecule has 0 radical (unpaired) electrons. The molecule has 2 rings (SSSR count). The summed E-state index contributed by atoms with van der Waals surface area (Å²) in [4.78, 5) is 18.2. The van der Waals surface area contributed by atoms with Crippen molar-refractivity contribution in [3.8, 4) is 0 Å². The van der Waals surface area contributed by atoms with Gasteiger partial charge >= 0.3 is 0 Å². The van der Waals surface area contributed by atoms with E-state index in [-0.39, 0.29) is 5.91 Å². The summed E-state index contributed by atoms with van der Waals surface area (Å²) in [6, 6.07) is 0. The predicted molar refractivity (Wildman–Crippen MR) is 77.3 cm³/mol. The van der Waals surface area contributed by atoms with Crippen LogP contribution in [0.4, 0.5) is 0 Å². The van der Waals surface area contributed by atoms with Crippen molar-refractivity contribution in [2.75, 3.05) is 18.8 Å². The van der Waals surface area contributed by atoms with E-state index in [1.807, 2.05) is 23.4 Å². The average molecular weight is 282 g/mol. The molecule has 1 fully saturated rings. The van der Waals surface area contributed by atoms with Crippen molar-refractivity contribution >= 4 is 18.5 Å². The molecule has 1 aliphatic heterocycles. The lowest BCUT2D eigenvalue weighted by molar-refractivity contribution is -0.132. The van der Waals surface area contributed by atoms with E-state index in [9.17, 15) is 4.79 Å². The first-order valence-electron chi connectivity index (χ1n) is 6.87. The molecule has 5 nitrogen and oxygen atoms in total. The fraction of sp³-hybridized carbons (Fsp3) is 0.769. The number of rotatable bonds is 4. The van der Waals surface area contributed by atoms with Gasteiger partial charge in [-0.2, -0.15) is 17.7 Å². The molecule has 0 aliphatic carbocycles. The molecule has 0 aromatic carbocycles. The molecular weight excluding hydrogens is 260 g/mol. The Bertz CT molecular complexity index is 446. The van der Waals surface area contributed by atoms with Crippen molar-refractivity contribution in [3.63, 3.8) is 0 Å².